The minimum Gasteiger partial charge on any atom is -0.464 e. The number of halogens is 1. The summed E-state index contributed by atoms with van der Waals surface area (Å²) in [6.45, 7) is 0. The number of fused-ring (bicyclic) bond motifs is 1. The predicted octanol–water partition coefficient (Wildman–Crippen LogP) is 5.26. The molecule has 39 heavy (non-hydrogen) atoms. The number of benzene rings is 3. The van der Waals surface area contributed by atoms with Crippen molar-refractivity contribution in [2.75, 3.05) is 7.11 Å². The number of amides is 1. The molecule has 0 aliphatic heterocycles. The number of aromatic amines is 1. The number of rotatable bonds is 6. The van der Waals surface area contributed by atoms with Crippen LogP contribution in [0.25, 0.3) is 22.0 Å². The lowest BCUT2D eigenvalue weighted by atomic mass is 9.93. The molecule has 1 heterocycles. The highest BCUT2D eigenvalue weighted by molar-refractivity contribution is 6.35. The Kier molecular flexibility index (Phi) is 7.82. The van der Waals surface area contributed by atoms with Gasteiger partial charge in [-0.2, -0.15) is 0 Å². The van der Waals surface area contributed by atoms with Crippen LogP contribution in [-0.2, 0) is 11.2 Å². The molecule has 0 unspecified atom stereocenters. The summed E-state index contributed by atoms with van der Waals surface area (Å²) < 4.78 is 5.01. The van der Waals surface area contributed by atoms with E-state index in [0.29, 0.717) is 39.9 Å². The second-order valence-corrected chi connectivity index (χ2v) is 10.3. The van der Waals surface area contributed by atoms with E-state index >= 15 is 0 Å². The van der Waals surface area contributed by atoms with Crippen LogP contribution in [0.1, 0.15) is 57.7 Å². The van der Waals surface area contributed by atoms with Gasteiger partial charge >= 0.3 is 5.97 Å². The van der Waals surface area contributed by atoms with E-state index in [9.17, 15) is 19.5 Å². The molecule has 200 valence electrons. The van der Waals surface area contributed by atoms with Crippen LogP contribution in [0.4, 0.5) is 0 Å². The summed E-state index contributed by atoms with van der Waals surface area (Å²) in [4.78, 5) is 42.4. The van der Waals surface area contributed by atoms with Crippen LogP contribution in [-0.4, -0.2) is 41.2 Å². The Morgan fingerprint density at radius 1 is 1.00 bits per heavy atom. The number of aromatic nitrogens is 1. The van der Waals surface area contributed by atoms with Crippen LogP contribution in [0.3, 0.4) is 0 Å². The number of aliphatic hydroxyl groups excluding tert-OH is 1. The maximum atomic E-state index is 13.7. The zero-order valence-electron chi connectivity index (χ0n) is 21.5. The summed E-state index contributed by atoms with van der Waals surface area (Å²) in [5, 5.41) is 13.6. The molecule has 4 aromatic rings. The van der Waals surface area contributed by atoms with Gasteiger partial charge in [0, 0.05) is 34.5 Å². The van der Waals surface area contributed by atoms with Gasteiger partial charge in [-0.3, -0.25) is 9.59 Å². The Morgan fingerprint density at radius 3 is 2.36 bits per heavy atom. The predicted molar refractivity (Wildman–Crippen MR) is 151 cm³/mol. The number of pyridine rings is 1. The van der Waals surface area contributed by atoms with Gasteiger partial charge in [-0.05, 0) is 61.1 Å². The van der Waals surface area contributed by atoms with Gasteiger partial charge in [-0.25, -0.2) is 4.79 Å². The molecule has 3 N–H and O–H groups in total. The van der Waals surface area contributed by atoms with Crippen molar-refractivity contribution in [3.8, 4) is 11.1 Å². The first kappa shape index (κ1) is 26.7. The van der Waals surface area contributed by atoms with Crippen molar-refractivity contribution in [1.82, 2.24) is 10.3 Å². The number of esters is 1. The van der Waals surface area contributed by atoms with Gasteiger partial charge in [0.05, 0.1) is 23.8 Å². The van der Waals surface area contributed by atoms with Crippen molar-refractivity contribution >= 4 is 34.4 Å². The van der Waals surface area contributed by atoms with E-state index < -0.39 is 5.97 Å². The number of hydrogen-bond donors (Lipinski definition) is 3. The fourth-order valence-corrected chi connectivity index (χ4v) is 5.44. The Balaban J connectivity index is 1.48. The summed E-state index contributed by atoms with van der Waals surface area (Å²) in [5.41, 5.74) is 3.22. The maximum absolute atomic E-state index is 13.7. The third kappa shape index (κ3) is 5.60. The lowest BCUT2D eigenvalue weighted by Crippen LogP contribution is -2.38. The van der Waals surface area contributed by atoms with Crippen molar-refractivity contribution in [3.05, 3.63) is 104 Å². The summed E-state index contributed by atoms with van der Waals surface area (Å²) in [7, 11) is 1.27. The summed E-state index contributed by atoms with van der Waals surface area (Å²) >= 11 is 6.55. The van der Waals surface area contributed by atoms with Crippen LogP contribution in [0.15, 0.2) is 71.5 Å². The lowest BCUT2D eigenvalue weighted by Gasteiger charge is -2.26. The molecular formula is C31H29ClN2O5. The number of hydrogen-bond acceptors (Lipinski definition) is 5. The normalized spacial score (nSPS) is 17.1. The molecular weight excluding hydrogens is 516 g/mol. The second-order valence-electron chi connectivity index (χ2n) is 9.86. The molecule has 0 saturated heterocycles. The Morgan fingerprint density at radius 2 is 1.69 bits per heavy atom. The molecule has 7 nitrogen and oxygen atoms in total. The maximum Gasteiger partial charge on any atom is 0.354 e. The van der Waals surface area contributed by atoms with Gasteiger partial charge in [0.15, 0.2) is 5.43 Å². The first-order chi connectivity index (χ1) is 18.9. The van der Waals surface area contributed by atoms with Crippen molar-refractivity contribution < 1.29 is 19.4 Å². The van der Waals surface area contributed by atoms with Crippen molar-refractivity contribution in [3.63, 3.8) is 0 Å². The van der Waals surface area contributed by atoms with Crippen LogP contribution in [0.2, 0.25) is 5.02 Å². The van der Waals surface area contributed by atoms with E-state index in [1.165, 1.54) is 7.11 Å². The smallest absolute Gasteiger partial charge is 0.354 e. The molecule has 1 aliphatic rings. The van der Waals surface area contributed by atoms with E-state index in [-0.39, 0.29) is 41.2 Å². The van der Waals surface area contributed by atoms with Crippen molar-refractivity contribution in [2.45, 2.75) is 44.2 Å². The highest BCUT2D eigenvalue weighted by Crippen LogP contribution is 2.34. The number of carbonyl (C=O) groups excluding carboxylic acids is 2. The Hall–Kier alpha value is -3.94. The molecule has 0 spiro atoms. The van der Waals surface area contributed by atoms with Gasteiger partial charge < -0.3 is 20.1 Å². The van der Waals surface area contributed by atoms with E-state index in [4.69, 9.17) is 16.3 Å². The van der Waals surface area contributed by atoms with Gasteiger partial charge in [0.25, 0.3) is 5.91 Å². The highest BCUT2D eigenvalue weighted by atomic mass is 35.5. The average Bonchev–Trinajstić information content (AvgIpc) is 2.96. The molecule has 1 saturated carbocycles. The fraction of sp³-hybridized carbons (Fsp3) is 0.258. The molecule has 8 heteroatoms. The van der Waals surface area contributed by atoms with Gasteiger partial charge in [-0.1, -0.05) is 54.1 Å². The number of aliphatic hydroxyl groups is 1. The molecule has 1 amide bonds. The molecule has 3 aromatic carbocycles. The third-order valence-electron chi connectivity index (χ3n) is 7.31. The number of ether oxygens (including phenoxy) is 1. The van der Waals surface area contributed by atoms with Crippen LogP contribution < -0.4 is 10.7 Å². The molecule has 1 aliphatic carbocycles. The average molecular weight is 545 g/mol. The van der Waals surface area contributed by atoms with Crippen LogP contribution >= 0.6 is 11.6 Å². The first-order valence-electron chi connectivity index (χ1n) is 12.9. The van der Waals surface area contributed by atoms with E-state index in [2.05, 4.69) is 10.3 Å². The Labute approximate surface area is 230 Å². The zero-order valence-corrected chi connectivity index (χ0v) is 22.3. The number of H-pyrrole nitrogens is 1. The number of carbonyl (C=O) groups is 2. The van der Waals surface area contributed by atoms with Gasteiger partial charge in [-0.15, -0.1) is 0 Å². The van der Waals surface area contributed by atoms with Gasteiger partial charge in [0.1, 0.15) is 5.69 Å². The largest absolute Gasteiger partial charge is 0.464 e. The fourth-order valence-electron chi connectivity index (χ4n) is 5.17. The first-order valence-corrected chi connectivity index (χ1v) is 13.3. The minimum absolute atomic E-state index is 0.0497. The molecule has 0 bridgehead atoms. The number of methoxy groups -OCH3 is 1. The summed E-state index contributed by atoms with van der Waals surface area (Å²) in [5.74, 6) is -0.830. The summed E-state index contributed by atoms with van der Waals surface area (Å²) in [6, 6.07) is 19.8. The quantitative estimate of drug-likeness (QED) is 0.287. The third-order valence-corrected chi connectivity index (χ3v) is 7.62. The number of nitrogens with one attached hydrogen (secondary N) is 2. The van der Waals surface area contributed by atoms with E-state index in [0.717, 1.165) is 24.0 Å². The topological polar surface area (TPSA) is 108 Å². The molecule has 1 fully saturated rings. The van der Waals surface area contributed by atoms with Crippen LogP contribution in [0.5, 0.6) is 0 Å². The van der Waals surface area contributed by atoms with E-state index in [1.807, 2.05) is 30.3 Å². The SMILES string of the molecule is COC(=O)c1[nH]c2c(-c3ccccc3)c(Cl)ccc2c(=O)c1Cc1ccc(C(=O)NC2CCC(O)CC2)cc1. The minimum atomic E-state index is -0.656. The molecule has 1 aromatic heterocycles. The highest BCUT2D eigenvalue weighted by Gasteiger charge is 2.23. The Bertz CT molecular complexity index is 1570. The van der Waals surface area contributed by atoms with Crippen molar-refractivity contribution in [1.29, 1.82) is 0 Å². The monoisotopic (exact) mass is 544 g/mol. The van der Waals surface area contributed by atoms with Gasteiger partial charge in [0.2, 0.25) is 0 Å². The molecule has 5 rings (SSSR count). The van der Waals surface area contributed by atoms with Crippen molar-refractivity contribution in [2.24, 2.45) is 0 Å². The zero-order chi connectivity index (χ0) is 27.5. The van der Waals surface area contributed by atoms with Crippen LogP contribution in [0, 0.1) is 0 Å². The second kappa shape index (κ2) is 11.4. The lowest BCUT2D eigenvalue weighted by molar-refractivity contribution is 0.0593. The summed E-state index contributed by atoms with van der Waals surface area (Å²) in [6.07, 6.45) is 2.76. The molecule has 0 radical (unpaired) electrons. The standard InChI is InChI=1S/C31H29ClN2O5/c1-39-31(38)28-24(17-18-7-9-20(10-8-18)30(37)33-21-11-13-22(35)14-12-21)29(36)23-15-16-25(32)26(27(23)34-28)19-5-3-2-4-6-19/h2-10,15-16,21-22,35H,11-14,17H2,1H3,(H,33,37)(H,34,36). The van der Waals surface area contributed by atoms with E-state index in [1.54, 1.807) is 36.4 Å². The molecule has 0 atom stereocenters.